The van der Waals surface area contributed by atoms with E-state index in [2.05, 4.69) is 20.6 Å². The number of carbonyl (C=O) groups is 2. The molecule has 7 nitrogen and oxygen atoms in total. The first kappa shape index (κ1) is 17.4. The smallest absolute Gasteiger partial charge is 0.250 e. The monoisotopic (exact) mass is 379 g/mol. The zero-order valence-electron chi connectivity index (χ0n) is 16.2. The number of hydrogen-bond acceptors (Lipinski definition) is 4. The molecule has 3 atom stereocenters. The first-order valence-corrected chi connectivity index (χ1v) is 9.96. The van der Waals surface area contributed by atoms with Crippen LogP contribution in [0.1, 0.15) is 36.1 Å². The molecule has 2 aromatic rings. The SMILES string of the molecule is Cc1nn(C)cc1CNC(=O)[C@H]1C[C@H]2CCCN2[C@]12C(=O)Nc1ccccc12. The quantitative estimate of drug-likeness (QED) is 0.850. The van der Waals surface area contributed by atoms with Crippen LogP contribution in [0, 0.1) is 12.8 Å². The topological polar surface area (TPSA) is 79.3 Å². The normalized spacial score (nSPS) is 28.4. The molecule has 1 aromatic carbocycles. The first-order valence-electron chi connectivity index (χ1n) is 9.96. The second-order valence-corrected chi connectivity index (χ2v) is 8.18. The van der Waals surface area contributed by atoms with E-state index in [1.54, 1.807) is 4.68 Å². The van der Waals surface area contributed by atoms with Gasteiger partial charge in [-0.15, -0.1) is 0 Å². The molecule has 2 saturated heterocycles. The van der Waals surface area contributed by atoms with Crippen molar-refractivity contribution in [2.45, 2.75) is 44.3 Å². The molecule has 7 heteroatoms. The maximum Gasteiger partial charge on any atom is 0.250 e. The fourth-order valence-electron chi connectivity index (χ4n) is 5.51. The average Bonchev–Trinajstić information content (AvgIpc) is 3.39. The third-order valence-corrected chi connectivity index (χ3v) is 6.66. The number of amides is 2. The highest BCUT2D eigenvalue weighted by Crippen LogP contribution is 2.55. The maximum absolute atomic E-state index is 13.3. The third-order valence-electron chi connectivity index (χ3n) is 6.66. The Morgan fingerprint density at radius 2 is 2.21 bits per heavy atom. The van der Waals surface area contributed by atoms with Gasteiger partial charge in [0.25, 0.3) is 0 Å². The van der Waals surface area contributed by atoms with Gasteiger partial charge in [-0.05, 0) is 38.8 Å². The Kier molecular flexibility index (Phi) is 3.84. The van der Waals surface area contributed by atoms with Crippen LogP contribution in [0.2, 0.25) is 0 Å². The highest BCUT2D eigenvalue weighted by molar-refractivity contribution is 6.09. The average molecular weight is 379 g/mol. The van der Waals surface area contributed by atoms with Gasteiger partial charge in [-0.25, -0.2) is 0 Å². The zero-order valence-corrected chi connectivity index (χ0v) is 16.2. The van der Waals surface area contributed by atoms with Crippen molar-refractivity contribution >= 4 is 17.5 Å². The minimum Gasteiger partial charge on any atom is -0.352 e. The van der Waals surface area contributed by atoms with Gasteiger partial charge in [-0.2, -0.15) is 5.10 Å². The summed E-state index contributed by atoms with van der Waals surface area (Å²) in [6, 6.07) is 8.10. The molecule has 2 N–H and O–H groups in total. The number of para-hydroxylation sites is 1. The molecule has 0 saturated carbocycles. The Balaban J connectivity index is 1.49. The van der Waals surface area contributed by atoms with Gasteiger partial charge < -0.3 is 10.6 Å². The summed E-state index contributed by atoms with van der Waals surface area (Å²) in [7, 11) is 1.87. The van der Waals surface area contributed by atoms with E-state index in [0.29, 0.717) is 6.54 Å². The highest BCUT2D eigenvalue weighted by atomic mass is 16.2. The lowest BCUT2D eigenvalue weighted by Crippen LogP contribution is -2.54. The molecule has 5 rings (SSSR count). The number of aromatic nitrogens is 2. The molecule has 28 heavy (non-hydrogen) atoms. The van der Waals surface area contributed by atoms with E-state index in [0.717, 1.165) is 48.3 Å². The van der Waals surface area contributed by atoms with Crippen LogP contribution in [0.15, 0.2) is 30.5 Å². The van der Waals surface area contributed by atoms with Gasteiger partial charge in [-0.1, -0.05) is 18.2 Å². The number of nitrogens with zero attached hydrogens (tertiary/aromatic N) is 3. The van der Waals surface area contributed by atoms with Crippen LogP contribution in [0.4, 0.5) is 5.69 Å². The summed E-state index contributed by atoms with van der Waals surface area (Å²) in [6.45, 7) is 3.23. The summed E-state index contributed by atoms with van der Waals surface area (Å²) in [5.74, 6) is -0.501. The number of rotatable bonds is 3. The molecule has 3 aliphatic rings. The van der Waals surface area contributed by atoms with Crippen molar-refractivity contribution in [1.82, 2.24) is 20.0 Å². The van der Waals surface area contributed by atoms with E-state index in [1.807, 2.05) is 44.4 Å². The maximum atomic E-state index is 13.3. The van der Waals surface area contributed by atoms with Crippen molar-refractivity contribution in [3.05, 3.63) is 47.3 Å². The molecular formula is C21H25N5O2. The summed E-state index contributed by atoms with van der Waals surface area (Å²) in [5.41, 5.74) is 2.81. The van der Waals surface area contributed by atoms with Crippen molar-refractivity contribution in [2.24, 2.45) is 13.0 Å². The molecule has 2 amide bonds. The predicted octanol–water partition coefficient (Wildman–Crippen LogP) is 1.68. The van der Waals surface area contributed by atoms with Crippen LogP contribution in [0.25, 0.3) is 0 Å². The van der Waals surface area contributed by atoms with E-state index in [-0.39, 0.29) is 17.9 Å². The second kappa shape index (κ2) is 6.17. The van der Waals surface area contributed by atoms with Crippen molar-refractivity contribution in [1.29, 1.82) is 0 Å². The lowest BCUT2D eigenvalue weighted by atomic mass is 9.78. The summed E-state index contributed by atoms with van der Waals surface area (Å²) < 4.78 is 1.75. The number of benzene rings is 1. The minimum atomic E-state index is -0.883. The molecule has 1 aromatic heterocycles. The van der Waals surface area contributed by atoms with Gasteiger partial charge in [0.05, 0.1) is 11.6 Å². The molecule has 0 aliphatic carbocycles. The molecule has 146 valence electrons. The van der Waals surface area contributed by atoms with E-state index in [4.69, 9.17) is 0 Å². The largest absolute Gasteiger partial charge is 0.352 e. The fraction of sp³-hybridized carbons (Fsp3) is 0.476. The number of carbonyl (C=O) groups excluding carboxylic acids is 2. The Hall–Kier alpha value is -2.67. The molecule has 0 bridgehead atoms. The van der Waals surface area contributed by atoms with Crippen molar-refractivity contribution in [2.75, 3.05) is 11.9 Å². The molecule has 4 heterocycles. The van der Waals surface area contributed by atoms with Gasteiger partial charge >= 0.3 is 0 Å². The number of hydrogen-bond donors (Lipinski definition) is 2. The van der Waals surface area contributed by atoms with E-state index >= 15 is 0 Å². The van der Waals surface area contributed by atoms with Crippen LogP contribution >= 0.6 is 0 Å². The Morgan fingerprint density at radius 3 is 3.00 bits per heavy atom. The van der Waals surface area contributed by atoms with E-state index in [1.165, 1.54) is 0 Å². The van der Waals surface area contributed by atoms with Crippen molar-refractivity contribution < 1.29 is 9.59 Å². The minimum absolute atomic E-state index is 0.0514. The van der Waals surface area contributed by atoms with E-state index in [9.17, 15) is 9.59 Å². The number of aryl methyl sites for hydroxylation is 2. The lowest BCUT2D eigenvalue weighted by Gasteiger charge is -2.36. The summed E-state index contributed by atoms with van der Waals surface area (Å²) >= 11 is 0. The fourth-order valence-corrected chi connectivity index (χ4v) is 5.51. The summed E-state index contributed by atoms with van der Waals surface area (Å²) in [6.07, 6.45) is 4.77. The second-order valence-electron chi connectivity index (χ2n) is 8.18. The van der Waals surface area contributed by atoms with Gasteiger partial charge in [0.15, 0.2) is 0 Å². The number of fused-ring (bicyclic) bond motifs is 4. The van der Waals surface area contributed by atoms with Gasteiger partial charge in [-0.3, -0.25) is 19.2 Å². The van der Waals surface area contributed by atoms with Gasteiger partial charge in [0.2, 0.25) is 11.8 Å². The van der Waals surface area contributed by atoms with E-state index < -0.39 is 11.5 Å². The molecule has 0 unspecified atom stereocenters. The Morgan fingerprint density at radius 1 is 1.39 bits per heavy atom. The van der Waals surface area contributed by atoms with Crippen LogP contribution in [-0.2, 0) is 28.7 Å². The van der Waals surface area contributed by atoms with Gasteiger partial charge in [0, 0.05) is 42.6 Å². The Bertz CT molecular complexity index is 967. The van der Waals surface area contributed by atoms with Crippen LogP contribution in [0.5, 0.6) is 0 Å². The molecule has 2 fully saturated rings. The van der Waals surface area contributed by atoms with Crippen LogP contribution in [0.3, 0.4) is 0 Å². The van der Waals surface area contributed by atoms with Crippen molar-refractivity contribution in [3.63, 3.8) is 0 Å². The zero-order chi connectivity index (χ0) is 19.5. The third kappa shape index (κ3) is 2.29. The molecule has 0 radical (unpaired) electrons. The molecule has 1 spiro atoms. The number of anilines is 1. The summed E-state index contributed by atoms with van der Waals surface area (Å²) in [5, 5.41) is 10.5. The number of nitrogens with one attached hydrogen (secondary N) is 2. The highest BCUT2D eigenvalue weighted by Gasteiger charge is 2.65. The predicted molar refractivity (Wildman–Crippen MR) is 104 cm³/mol. The summed E-state index contributed by atoms with van der Waals surface area (Å²) in [4.78, 5) is 28.9. The standard InChI is InChI=1S/C21H25N5O2/c1-13-14(12-25(2)24-13)11-22-19(27)17-10-15-6-5-9-26(15)21(17)16-7-3-4-8-18(16)23-20(21)28/h3-4,7-8,12,15,17H,5-6,9-11H2,1-2H3,(H,22,27)(H,23,28)/t15-,17-,21+/m1/s1. The first-order chi connectivity index (χ1) is 13.5. The lowest BCUT2D eigenvalue weighted by molar-refractivity contribution is -0.137. The van der Waals surface area contributed by atoms with Crippen LogP contribution < -0.4 is 10.6 Å². The Labute approximate surface area is 164 Å². The molecular weight excluding hydrogens is 354 g/mol. The van der Waals surface area contributed by atoms with Crippen molar-refractivity contribution in [3.8, 4) is 0 Å². The van der Waals surface area contributed by atoms with Gasteiger partial charge in [0.1, 0.15) is 5.54 Å². The van der Waals surface area contributed by atoms with Crippen LogP contribution in [-0.4, -0.2) is 39.1 Å². The molecule has 3 aliphatic heterocycles.